The summed E-state index contributed by atoms with van der Waals surface area (Å²) in [6.45, 7) is 3.83. The predicted molar refractivity (Wildman–Crippen MR) is 104 cm³/mol. The Morgan fingerprint density at radius 2 is 1.79 bits per heavy atom. The number of nitrogens with one attached hydrogen (secondary N) is 1. The highest BCUT2D eigenvalue weighted by molar-refractivity contribution is 7.92. The molecule has 0 aliphatic carbocycles. The molecule has 6 nitrogen and oxygen atoms in total. The van der Waals surface area contributed by atoms with E-state index in [0.717, 1.165) is 12.8 Å². The molecule has 0 aromatic heterocycles. The third kappa shape index (κ3) is 4.69. The van der Waals surface area contributed by atoms with Crippen molar-refractivity contribution in [2.75, 3.05) is 24.4 Å². The topological polar surface area (TPSA) is 75.7 Å². The molecule has 0 saturated carbocycles. The zero-order valence-electron chi connectivity index (χ0n) is 15.6. The van der Waals surface area contributed by atoms with E-state index >= 15 is 0 Å². The Kier molecular flexibility index (Phi) is 6.31. The van der Waals surface area contributed by atoms with Crippen LogP contribution in [0.15, 0.2) is 53.4 Å². The highest BCUT2D eigenvalue weighted by atomic mass is 32.2. The standard InChI is InChI=1S/C20H23FN2O4S/c1-2-27-16-11-13-23(14-12-16)20(24)15-7-9-17(10-8-15)28(25,26)22-19-6-4-3-5-18(19)21/h3-10,16,22H,2,11-14H2,1H3. The van der Waals surface area contributed by atoms with E-state index < -0.39 is 15.8 Å². The number of para-hydroxylation sites is 1. The largest absolute Gasteiger partial charge is 0.378 e. The number of piperidine rings is 1. The molecule has 1 saturated heterocycles. The van der Waals surface area contributed by atoms with Gasteiger partial charge in [0.15, 0.2) is 0 Å². The maximum atomic E-state index is 13.7. The molecule has 0 atom stereocenters. The summed E-state index contributed by atoms with van der Waals surface area (Å²) >= 11 is 0. The predicted octanol–water partition coefficient (Wildman–Crippen LogP) is 3.27. The number of ether oxygens (including phenoxy) is 1. The summed E-state index contributed by atoms with van der Waals surface area (Å²) in [5, 5.41) is 0. The molecule has 0 spiro atoms. The van der Waals surface area contributed by atoms with Crippen LogP contribution in [-0.2, 0) is 14.8 Å². The van der Waals surface area contributed by atoms with Crippen molar-refractivity contribution in [1.82, 2.24) is 4.90 Å². The van der Waals surface area contributed by atoms with Crippen molar-refractivity contribution in [1.29, 1.82) is 0 Å². The van der Waals surface area contributed by atoms with Crippen molar-refractivity contribution in [2.45, 2.75) is 30.8 Å². The first-order valence-corrected chi connectivity index (χ1v) is 10.7. The summed E-state index contributed by atoms with van der Waals surface area (Å²) in [4.78, 5) is 14.3. The zero-order valence-corrected chi connectivity index (χ0v) is 16.4. The SMILES string of the molecule is CCOC1CCN(C(=O)c2ccc(S(=O)(=O)Nc3ccccc3F)cc2)CC1. The molecule has 1 heterocycles. The van der Waals surface area contributed by atoms with Gasteiger partial charge in [0, 0.05) is 25.3 Å². The van der Waals surface area contributed by atoms with Crippen LogP contribution in [0.25, 0.3) is 0 Å². The Labute approximate surface area is 164 Å². The number of carbonyl (C=O) groups is 1. The lowest BCUT2D eigenvalue weighted by Crippen LogP contribution is -2.40. The van der Waals surface area contributed by atoms with E-state index in [1.807, 2.05) is 6.92 Å². The molecule has 0 unspecified atom stereocenters. The van der Waals surface area contributed by atoms with Gasteiger partial charge in [0.05, 0.1) is 16.7 Å². The van der Waals surface area contributed by atoms with Crippen LogP contribution >= 0.6 is 0 Å². The van der Waals surface area contributed by atoms with Gasteiger partial charge < -0.3 is 9.64 Å². The average molecular weight is 406 g/mol. The molecule has 2 aromatic rings. The molecule has 0 radical (unpaired) electrons. The van der Waals surface area contributed by atoms with E-state index in [9.17, 15) is 17.6 Å². The number of sulfonamides is 1. The fraction of sp³-hybridized carbons (Fsp3) is 0.350. The molecule has 1 amide bonds. The van der Waals surface area contributed by atoms with E-state index in [2.05, 4.69) is 4.72 Å². The second kappa shape index (κ2) is 8.70. The third-order valence-corrected chi connectivity index (χ3v) is 6.04. The van der Waals surface area contributed by atoms with Gasteiger partial charge in [-0.15, -0.1) is 0 Å². The highest BCUT2D eigenvalue weighted by Crippen LogP contribution is 2.21. The fourth-order valence-electron chi connectivity index (χ4n) is 3.17. The van der Waals surface area contributed by atoms with Crippen molar-refractivity contribution in [3.8, 4) is 0 Å². The minimum Gasteiger partial charge on any atom is -0.378 e. The molecule has 3 rings (SSSR count). The first kappa shape index (κ1) is 20.3. The van der Waals surface area contributed by atoms with Gasteiger partial charge >= 0.3 is 0 Å². The molecule has 0 bridgehead atoms. The number of amides is 1. The maximum Gasteiger partial charge on any atom is 0.261 e. The number of halogens is 1. The fourth-order valence-corrected chi connectivity index (χ4v) is 4.24. The number of hydrogen-bond acceptors (Lipinski definition) is 4. The van der Waals surface area contributed by atoms with Crippen molar-refractivity contribution >= 4 is 21.6 Å². The number of carbonyl (C=O) groups excluding carboxylic acids is 1. The Bertz CT molecular complexity index is 923. The quantitative estimate of drug-likeness (QED) is 0.799. The van der Waals surface area contributed by atoms with Crippen LogP contribution in [0.3, 0.4) is 0 Å². The van der Waals surface area contributed by atoms with Gasteiger partial charge in [-0.1, -0.05) is 12.1 Å². The number of hydrogen-bond donors (Lipinski definition) is 1. The monoisotopic (exact) mass is 406 g/mol. The van der Waals surface area contributed by atoms with Crippen LogP contribution in [0.5, 0.6) is 0 Å². The van der Waals surface area contributed by atoms with Gasteiger partial charge in [-0.3, -0.25) is 9.52 Å². The van der Waals surface area contributed by atoms with E-state index in [4.69, 9.17) is 4.74 Å². The van der Waals surface area contributed by atoms with E-state index in [-0.39, 0.29) is 22.6 Å². The summed E-state index contributed by atoms with van der Waals surface area (Å²) in [6, 6.07) is 11.2. The molecule has 2 aromatic carbocycles. The van der Waals surface area contributed by atoms with Crippen LogP contribution in [0.1, 0.15) is 30.1 Å². The smallest absolute Gasteiger partial charge is 0.261 e. The molecule has 1 aliphatic heterocycles. The van der Waals surface area contributed by atoms with Gasteiger partial charge in [0.2, 0.25) is 0 Å². The van der Waals surface area contributed by atoms with Crippen molar-refractivity contribution < 1.29 is 22.3 Å². The summed E-state index contributed by atoms with van der Waals surface area (Å²) in [6.07, 6.45) is 1.77. The van der Waals surface area contributed by atoms with Crippen LogP contribution in [0.2, 0.25) is 0 Å². The van der Waals surface area contributed by atoms with E-state index in [0.29, 0.717) is 25.3 Å². The number of nitrogens with zero attached hydrogens (tertiary/aromatic N) is 1. The molecule has 1 fully saturated rings. The Balaban J connectivity index is 1.67. The lowest BCUT2D eigenvalue weighted by molar-refractivity contribution is 0.0146. The van der Waals surface area contributed by atoms with Crippen LogP contribution in [-0.4, -0.2) is 45.0 Å². The highest BCUT2D eigenvalue weighted by Gasteiger charge is 2.24. The molecule has 8 heteroatoms. The number of anilines is 1. The van der Waals surface area contributed by atoms with Gasteiger partial charge in [0.1, 0.15) is 5.82 Å². The number of likely N-dealkylation sites (tertiary alicyclic amines) is 1. The van der Waals surface area contributed by atoms with Crippen molar-refractivity contribution in [2.24, 2.45) is 0 Å². The second-order valence-electron chi connectivity index (χ2n) is 6.56. The lowest BCUT2D eigenvalue weighted by atomic mass is 10.1. The summed E-state index contributed by atoms with van der Waals surface area (Å²) in [5.41, 5.74) is 0.291. The molecular formula is C20H23FN2O4S. The van der Waals surface area contributed by atoms with Gasteiger partial charge in [0.25, 0.3) is 15.9 Å². The van der Waals surface area contributed by atoms with Crippen LogP contribution in [0.4, 0.5) is 10.1 Å². The Morgan fingerprint density at radius 3 is 2.39 bits per heavy atom. The first-order chi connectivity index (χ1) is 13.4. The van der Waals surface area contributed by atoms with Crippen LogP contribution < -0.4 is 4.72 Å². The molecule has 1 aliphatic rings. The van der Waals surface area contributed by atoms with Gasteiger partial charge in [-0.2, -0.15) is 0 Å². The summed E-state index contributed by atoms with van der Waals surface area (Å²) in [7, 11) is -3.95. The van der Waals surface area contributed by atoms with Crippen LogP contribution in [0, 0.1) is 5.82 Å². The average Bonchev–Trinajstić information content (AvgIpc) is 2.70. The lowest BCUT2D eigenvalue weighted by Gasteiger charge is -2.31. The third-order valence-electron chi connectivity index (χ3n) is 4.66. The van der Waals surface area contributed by atoms with E-state index in [1.54, 1.807) is 4.90 Å². The summed E-state index contributed by atoms with van der Waals surface area (Å²) < 4.78 is 46.4. The molecule has 1 N–H and O–H groups in total. The zero-order chi connectivity index (χ0) is 20.1. The normalized spacial score (nSPS) is 15.4. The van der Waals surface area contributed by atoms with Gasteiger partial charge in [-0.25, -0.2) is 12.8 Å². The van der Waals surface area contributed by atoms with Crippen molar-refractivity contribution in [3.63, 3.8) is 0 Å². The first-order valence-electron chi connectivity index (χ1n) is 9.19. The van der Waals surface area contributed by atoms with Crippen molar-refractivity contribution in [3.05, 3.63) is 59.9 Å². The number of rotatable bonds is 6. The maximum absolute atomic E-state index is 13.7. The molecular weight excluding hydrogens is 383 g/mol. The van der Waals surface area contributed by atoms with Gasteiger partial charge in [-0.05, 0) is 56.2 Å². The summed E-state index contributed by atoms with van der Waals surface area (Å²) in [5.74, 6) is -0.797. The molecule has 28 heavy (non-hydrogen) atoms. The Hall–Kier alpha value is -2.45. The second-order valence-corrected chi connectivity index (χ2v) is 8.24. The van der Waals surface area contributed by atoms with E-state index in [1.165, 1.54) is 48.5 Å². The Morgan fingerprint density at radius 1 is 1.14 bits per heavy atom. The minimum atomic E-state index is -3.95. The number of benzene rings is 2. The minimum absolute atomic E-state index is 0.0395. The molecule has 150 valence electrons.